The molecule has 6 heteroatoms. The number of aliphatic hydroxyl groups excluding tert-OH is 2. The number of hydrogen-bond acceptors (Lipinski definition) is 3. The zero-order valence-electron chi connectivity index (χ0n) is 12.8. The quantitative estimate of drug-likeness (QED) is 0.758. The highest BCUT2D eigenvalue weighted by molar-refractivity contribution is 6.31. The van der Waals surface area contributed by atoms with Crippen molar-refractivity contribution in [2.45, 2.75) is 13.3 Å². The molecule has 0 bridgehead atoms. The van der Waals surface area contributed by atoms with Crippen LogP contribution in [-0.2, 0) is 11.2 Å². The molecule has 0 spiro atoms. The van der Waals surface area contributed by atoms with E-state index in [0.29, 0.717) is 11.6 Å². The number of halogens is 1. The van der Waals surface area contributed by atoms with Gasteiger partial charge in [0.25, 0.3) is 0 Å². The van der Waals surface area contributed by atoms with Crippen molar-refractivity contribution in [3.8, 4) is 0 Å². The highest BCUT2D eigenvalue weighted by Crippen LogP contribution is 2.23. The highest BCUT2D eigenvalue weighted by atomic mass is 35.5. The van der Waals surface area contributed by atoms with Gasteiger partial charge in [-0.1, -0.05) is 24.6 Å². The molecule has 3 N–H and O–H groups in total. The lowest BCUT2D eigenvalue weighted by atomic mass is 9.92. The van der Waals surface area contributed by atoms with Crippen LogP contribution in [0.3, 0.4) is 0 Å². The number of aromatic amines is 1. The van der Waals surface area contributed by atoms with E-state index >= 15 is 0 Å². The van der Waals surface area contributed by atoms with E-state index in [4.69, 9.17) is 11.6 Å². The summed E-state index contributed by atoms with van der Waals surface area (Å²) in [6, 6.07) is 5.51. The predicted molar refractivity (Wildman–Crippen MR) is 86.9 cm³/mol. The number of amides is 1. The van der Waals surface area contributed by atoms with Crippen LogP contribution in [0.2, 0.25) is 5.02 Å². The lowest BCUT2D eigenvalue weighted by Gasteiger charge is -2.30. The highest BCUT2D eigenvalue weighted by Gasteiger charge is 2.26. The Hall–Kier alpha value is -1.56. The summed E-state index contributed by atoms with van der Waals surface area (Å²) >= 11 is 5.95. The molecule has 0 fully saturated rings. The van der Waals surface area contributed by atoms with E-state index in [9.17, 15) is 15.0 Å². The third-order valence-electron chi connectivity index (χ3n) is 3.88. The molecular formula is C16H21ClN2O3. The molecule has 0 radical (unpaired) electrons. The monoisotopic (exact) mass is 324 g/mol. The van der Waals surface area contributed by atoms with Crippen molar-refractivity contribution in [2.24, 2.45) is 5.41 Å². The van der Waals surface area contributed by atoms with Crippen molar-refractivity contribution in [2.75, 3.05) is 26.8 Å². The van der Waals surface area contributed by atoms with Crippen LogP contribution >= 0.6 is 11.6 Å². The molecule has 2 rings (SSSR count). The van der Waals surface area contributed by atoms with E-state index in [2.05, 4.69) is 4.98 Å². The maximum absolute atomic E-state index is 12.4. The Morgan fingerprint density at radius 1 is 1.36 bits per heavy atom. The summed E-state index contributed by atoms with van der Waals surface area (Å²) in [5.74, 6) is -0.0658. The smallest absolute Gasteiger partial charge is 0.226 e. The van der Waals surface area contributed by atoms with Crippen molar-refractivity contribution in [3.05, 3.63) is 35.0 Å². The molecule has 120 valence electrons. The van der Waals surface area contributed by atoms with Crippen LogP contribution in [0, 0.1) is 5.41 Å². The second-order valence-corrected chi connectivity index (χ2v) is 6.49. The molecule has 1 aromatic heterocycles. The fraction of sp³-hybridized carbons (Fsp3) is 0.438. The van der Waals surface area contributed by atoms with Gasteiger partial charge < -0.3 is 20.1 Å². The topological polar surface area (TPSA) is 76.6 Å². The number of benzene rings is 1. The molecule has 0 aliphatic rings. The van der Waals surface area contributed by atoms with Crippen molar-refractivity contribution < 1.29 is 15.0 Å². The van der Waals surface area contributed by atoms with Gasteiger partial charge in [0.1, 0.15) is 0 Å². The molecule has 0 saturated carbocycles. The Kier molecular flexibility index (Phi) is 5.11. The first-order valence-corrected chi connectivity index (χ1v) is 7.47. The molecule has 2 aromatic rings. The molecule has 1 heterocycles. The van der Waals surface area contributed by atoms with E-state index in [-0.39, 0.29) is 25.5 Å². The van der Waals surface area contributed by atoms with Gasteiger partial charge in [0.05, 0.1) is 19.6 Å². The van der Waals surface area contributed by atoms with Crippen LogP contribution in [-0.4, -0.2) is 52.8 Å². The van der Waals surface area contributed by atoms with Gasteiger partial charge in [0.2, 0.25) is 5.91 Å². The molecule has 5 nitrogen and oxygen atoms in total. The molecule has 22 heavy (non-hydrogen) atoms. The van der Waals surface area contributed by atoms with Gasteiger partial charge in [-0.25, -0.2) is 0 Å². The molecule has 0 saturated heterocycles. The first kappa shape index (κ1) is 16.8. The predicted octanol–water partition coefficient (Wildman–Crippen LogP) is 1.81. The molecule has 1 amide bonds. The van der Waals surface area contributed by atoms with Crippen LogP contribution in [0.1, 0.15) is 12.5 Å². The lowest BCUT2D eigenvalue weighted by Crippen LogP contribution is -2.42. The van der Waals surface area contributed by atoms with Crippen LogP contribution < -0.4 is 0 Å². The summed E-state index contributed by atoms with van der Waals surface area (Å²) in [6.45, 7) is 1.69. The molecular weight excluding hydrogens is 304 g/mol. The third-order valence-corrected chi connectivity index (χ3v) is 4.11. The Morgan fingerprint density at radius 2 is 2.05 bits per heavy atom. The van der Waals surface area contributed by atoms with Gasteiger partial charge in [-0.3, -0.25) is 4.79 Å². The largest absolute Gasteiger partial charge is 0.396 e. The van der Waals surface area contributed by atoms with Crippen LogP contribution in [0.5, 0.6) is 0 Å². The Balaban J connectivity index is 2.10. The van der Waals surface area contributed by atoms with Crippen molar-refractivity contribution in [3.63, 3.8) is 0 Å². The standard InChI is InChI=1S/C16H21ClN2O3/c1-16(9-20,10-21)8-19(2)15(22)5-11-7-18-14-6-12(17)3-4-13(11)14/h3-4,6-7,18,20-21H,5,8-10H2,1-2H3. The summed E-state index contributed by atoms with van der Waals surface area (Å²) in [4.78, 5) is 17.0. The molecule has 0 aliphatic heterocycles. The minimum absolute atomic E-state index is 0.0658. The minimum atomic E-state index is -0.696. The summed E-state index contributed by atoms with van der Waals surface area (Å²) in [7, 11) is 1.68. The number of carbonyl (C=O) groups excluding carboxylic acids is 1. The van der Waals surface area contributed by atoms with Crippen molar-refractivity contribution in [1.29, 1.82) is 0 Å². The number of aliphatic hydroxyl groups is 2. The average molecular weight is 325 g/mol. The maximum atomic E-state index is 12.4. The summed E-state index contributed by atoms with van der Waals surface area (Å²) in [5.41, 5.74) is 1.10. The number of aromatic nitrogens is 1. The fourth-order valence-electron chi connectivity index (χ4n) is 2.41. The number of fused-ring (bicyclic) bond motifs is 1. The fourth-order valence-corrected chi connectivity index (χ4v) is 2.59. The van der Waals surface area contributed by atoms with E-state index in [1.807, 2.05) is 18.3 Å². The second kappa shape index (κ2) is 6.69. The maximum Gasteiger partial charge on any atom is 0.226 e. The normalized spacial score (nSPS) is 11.9. The van der Waals surface area contributed by atoms with Crippen molar-refractivity contribution >= 4 is 28.4 Å². The number of H-pyrrole nitrogens is 1. The third kappa shape index (κ3) is 3.61. The summed E-state index contributed by atoms with van der Waals surface area (Å²) in [6.07, 6.45) is 2.06. The van der Waals surface area contributed by atoms with E-state index in [1.165, 1.54) is 0 Å². The molecule has 0 unspecified atom stereocenters. The van der Waals surface area contributed by atoms with Gasteiger partial charge in [-0.15, -0.1) is 0 Å². The zero-order chi connectivity index (χ0) is 16.3. The summed E-state index contributed by atoms with van der Waals surface area (Å²) < 4.78 is 0. The van der Waals surface area contributed by atoms with Gasteiger partial charge >= 0.3 is 0 Å². The first-order valence-electron chi connectivity index (χ1n) is 7.10. The van der Waals surface area contributed by atoms with Crippen LogP contribution in [0.4, 0.5) is 0 Å². The SMILES string of the molecule is CN(CC(C)(CO)CO)C(=O)Cc1c[nH]c2cc(Cl)ccc12. The van der Waals surface area contributed by atoms with Gasteiger partial charge in [-0.2, -0.15) is 0 Å². The number of nitrogens with zero attached hydrogens (tertiary/aromatic N) is 1. The van der Waals surface area contributed by atoms with Gasteiger partial charge in [0, 0.05) is 41.1 Å². The molecule has 1 aromatic carbocycles. The number of carbonyl (C=O) groups is 1. The Bertz CT molecular complexity index is 664. The first-order chi connectivity index (χ1) is 10.4. The number of rotatable bonds is 6. The van der Waals surface area contributed by atoms with Crippen molar-refractivity contribution in [1.82, 2.24) is 9.88 Å². The number of nitrogens with one attached hydrogen (secondary N) is 1. The van der Waals surface area contributed by atoms with E-state index in [0.717, 1.165) is 16.5 Å². The number of likely N-dealkylation sites (N-methyl/N-ethyl adjacent to an activating group) is 1. The number of hydrogen-bond donors (Lipinski definition) is 3. The zero-order valence-corrected chi connectivity index (χ0v) is 13.5. The van der Waals surface area contributed by atoms with Gasteiger partial charge in [0.15, 0.2) is 0 Å². The van der Waals surface area contributed by atoms with Crippen LogP contribution in [0.25, 0.3) is 10.9 Å². The summed E-state index contributed by atoms with van der Waals surface area (Å²) in [5, 5.41) is 20.3. The Morgan fingerprint density at radius 3 is 2.68 bits per heavy atom. The average Bonchev–Trinajstić information content (AvgIpc) is 2.89. The Labute approximate surface area is 134 Å². The molecule has 0 atom stereocenters. The lowest BCUT2D eigenvalue weighted by molar-refractivity contribution is -0.131. The van der Waals surface area contributed by atoms with E-state index < -0.39 is 5.41 Å². The van der Waals surface area contributed by atoms with E-state index in [1.54, 1.807) is 24.9 Å². The van der Waals surface area contributed by atoms with Gasteiger partial charge in [-0.05, 0) is 17.7 Å². The minimum Gasteiger partial charge on any atom is -0.396 e. The molecule has 0 aliphatic carbocycles. The second-order valence-electron chi connectivity index (χ2n) is 6.06. The van der Waals surface area contributed by atoms with Crippen LogP contribution in [0.15, 0.2) is 24.4 Å².